The molecule has 0 aromatic heterocycles. The molecule has 0 aliphatic carbocycles. The van der Waals surface area contributed by atoms with Crippen molar-refractivity contribution in [1.82, 2.24) is 0 Å². The zero-order valence-electron chi connectivity index (χ0n) is 4.40. The van der Waals surface area contributed by atoms with Crippen molar-refractivity contribution in [1.29, 1.82) is 0 Å². The van der Waals surface area contributed by atoms with Gasteiger partial charge in [0, 0.05) is 0 Å². The van der Waals surface area contributed by atoms with Crippen molar-refractivity contribution in [3.05, 3.63) is 0 Å². The average Bonchev–Trinajstić information content (AvgIpc) is 1.35. The van der Waals surface area contributed by atoms with E-state index in [0.717, 1.165) is 12.8 Å². The summed E-state index contributed by atoms with van der Waals surface area (Å²) in [6, 6.07) is 0. The highest BCUT2D eigenvalue weighted by Gasteiger charge is 1.90. The van der Waals surface area contributed by atoms with E-state index in [0.29, 0.717) is 0 Å². The van der Waals surface area contributed by atoms with Gasteiger partial charge in [0.1, 0.15) is 0 Å². The number of hydrogen-bond acceptors (Lipinski definition) is 0. The third kappa shape index (κ3) is 3.96. The molecule has 0 spiro atoms. The van der Waals surface area contributed by atoms with E-state index >= 15 is 0 Å². The van der Waals surface area contributed by atoms with Crippen molar-refractivity contribution >= 4 is 0 Å². The first-order valence-corrected chi connectivity index (χ1v) is 2.43. The maximum absolute atomic E-state index is 10.1. The molecule has 6 heavy (non-hydrogen) atoms. The van der Waals surface area contributed by atoms with Gasteiger partial charge in [0.15, 0.2) is 0 Å². The van der Waals surface area contributed by atoms with Gasteiger partial charge in [0.25, 0.3) is 0 Å². The van der Waals surface area contributed by atoms with Crippen molar-refractivity contribution in [2.75, 3.05) is 0 Å². The molecule has 1 atom stereocenters. The van der Waals surface area contributed by atoms with Crippen LogP contribution in [0.2, 0.25) is 0 Å². The molecule has 0 amide bonds. The van der Waals surface area contributed by atoms with Gasteiger partial charge >= 0.3 is 0 Å². The summed E-state index contributed by atoms with van der Waals surface area (Å²) in [7, 11) is 0. The normalized spacial score (nSPS) is 14.5. The average molecular weight is 87.1 g/mol. The van der Waals surface area contributed by atoms with Crippen LogP contribution in [-0.2, 0) is 5.11 Å². The smallest absolute Gasteiger partial charge is 0.0902 e. The molecule has 1 unspecified atom stereocenters. The van der Waals surface area contributed by atoms with Crippen LogP contribution in [0.15, 0.2) is 0 Å². The van der Waals surface area contributed by atoms with E-state index in [4.69, 9.17) is 0 Å². The van der Waals surface area contributed by atoms with E-state index < -0.39 is 0 Å². The van der Waals surface area contributed by atoms with E-state index in [1.165, 1.54) is 0 Å². The van der Waals surface area contributed by atoms with Crippen molar-refractivity contribution in [2.24, 2.45) is 0 Å². The standard InChI is InChI=1S/C5H11O/c1-3-4-5(2)6/h5H,3-4H2,1-2H3. The van der Waals surface area contributed by atoms with E-state index in [1.807, 2.05) is 6.92 Å². The van der Waals surface area contributed by atoms with Gasteiger partial charge in [0.05, 0.1) is 6.10 Å². The Labute approximate surface area is 39.0 Å². The second-order valence-corrected chi connectivity index (χ2v) is 1.60. The molecule has 0 saturated carbocycles. The molecule has 0 fully saturated rings. The largest absolute Gasteiger partial charge is 0.233 e. The van der Waals surface area contributed by atoms with Crippen molar-refractivity contribution < 1.29 is 5.11 Å². The van der Waals surface area contributed by atoms with Gasteiger partial charge in [-0.3, -0.25) is 0 Å². The lowest BCUT2D eigenvalue weighted by Gasteiger charge is -1.92. The van der Waals surface area contributed by atoms with Crippen molar-refractivity contribution in [3.8, 4) is 0 Å². The van der Waals surface area contributed by atoms with E-state index in [-0.39, 0.29) is 6.10 Å². The fraction of sp³-hybridized carbons (Fsp3) is 1.00. The fourth-order valence-electron chi connectivity index (χ4n) is 0.407. The maximum atomic E-state index is 10.1. The molecular formula is C5H11O. The lowest BCUT2D eigenvalue weighted by molar-refractivity contribution is 0.0970. The predicted molar refractivity (Wildman–Crippen MR) is 25.1 cm³/mol. The summed E-state index contributed by atoms with van der Waals surface area (Å²) in [5.74, 6) is 0. The van der Waals surface area contributed by atoms with E-state index in [1.54, 1.807) is 6.92 Å². The van der Waals surface area contributed by atoms with Crippen molar-refractivity contribution in [3.63, 3.8) is 0 Å². The molecule has 37 valence electrons. The molecule has 1 radical (unpaired) electrons. The van der Waals surface area contributed by atoms with Gasteiger partial charge in [0.2, 0.25) is 0 Å². The lowest BCUT2D eigenvalue weighted by Crippen LogP contribution is -1.93. The van der Waals surface area contributed by atoms with Crippen LogP contribution in [0.1, 0.15) is 26.7 Å². The molecule has 0 aliphatic heterocycles. The van der Waals surface area contributed by atoms with E-state index in [9.17, 15) is 5.11 Å². The zero-order chi connectivity index (χ0) is 4.99. The van der Waals surface area contributed by atoms with Crippen LogP contribution in [0, 0.1) is 0 Å². The molecule has 0 rings (SSSR count). The molecule has 0 aliphatic rings. The second kappa shape index (κ2) is 3.16. The van der Waals surface area contributed by atoms with Gasteiger partial charge in [-0.1, -0.05) is 13.3 Å². The van der Waals surface area contributed by atoms with Gasteiger partial charge in [-0.15, -0.1) is 0 Å². The Morgan fingerprint density at radius 3 is 2.17 bits per heavy atom. The molecule has 1 nitrogen and oxygen atoms in total. The van der Waals surface area contributed by atoms with Crippen LogP contribution >= 0.6 is 0 Å². The van der Waals surface area contributed by atoms with Crippen LogP contribution in [-0.4, -0.2) is 6.10 Å². The van der Waals surface area contributed by atoms with Crippen LogP contribution in [0.5, 0.6) is 0 Å². The van der Waals surface area contributed by atoms with Gasteiger partial charge in [-0.2, -0.15) is 0 Å². The number of rotatable bonds is 2. The molecule has 0 heterocycles. The van der Waals surface area contributed by atoms with Crippen LogP contribution in [0.3, 0.4) is 0 Å². The summed E-state index contributed by atoms with van der Waals surface area (Å²) in [5.41, 5.74) is 0. The third-order valence-corrected chi connectivity index (χ3v) is 0.695. The minimum atomic E-state index is -0.352. The van der Waals surface area contributed by atoms with Crippen LogP contribution in [0.4, 0.5) is 0 Å². The summed E-state index contributed by atoms with van der Waals surface area (Å²) in [4.78, 5) is 0. The van der Waals surface area contributed by atoms with E-state index in [2.05, 4.69) is 0 Å². The topological polar surface area (TPSA) is 19.9 Å². The highest BCUT2D eigenvalue weighted by molar-refractivity contribution is 4.40. The zero-order valence-corrected chi connectivity index (χ0v) is 4.40. The Hall–Kier alpha value is -0.0400. The summed E-state index contributed by atoms with van der Waals surface area (Å²) in [5, 5.41) is 10.1. The summed E-state index contributed by atoms with van der Waals surface area (Å²) in [6.07, 6.45) is 1.49. The maximum Gasteiger partial charge on any atom is 0.0902 e. The Bertz CT molecular complexity index is 25.1. The first kappa shape index (κ1) is 5.96. The van der Waals surface area contributed by atoms with Crippen LogP contribution < -0.4 is 0 Å². The first-order chi connectivity index (χ1) is 2.77. The third-order valence-electron chi connectivity index (χ3n) is 0.695. The fourth-order valence-corrected chi connectivity index (χ4v) is 0.407. The first-order valence-electron chi connectivity index (χ1n) is 2.43. The highest BCUT2D eigenvalue weighted by atomic mass is 16.3. The molecule has 1 heteroatoms. The lowest BCUT2D eigenvalue weighted by atomic mass is 10.2. The van der Waals surface area contributed by atoms with Gasteiger partial charge in [-0.05, 0) is 13.3 Å². The Morgan fingerprint density at radius 1 is 1.67 bits per heavy atom. The molecule has 0 saturated heterocycles. The van der Waals surface area contributed by atoms with Crippen LogP contribution in [0.25, 0.3) is 0 Å². The van der Waals surface area contributed by atoms with Gasteiger partial charge in [-0.25, -0.2) is 5.11 Å². The predicted octanol–water partition coefficient (Wildman–Crippen LogP) is 1.61. The minimum Gasteiger partial charge on any atom is -0.233 e. The quantitative estimate of drug-likeness (QED) is 0.487. The molecule has 0 aromatic rings. The second-order valence-electron chi connectivity index (χ2n) is 1.60. The number of hydrogen-bond donors (Lipinski definition) is 0. The SMILES string of the molecule is CCCC(C)[O]. The molecular weight excluding hydrogens is 76.1 g/mol. The van der Waals surface area contributed by atoms with Gasteiger partial charge < -0.3 is 0 Å². The molecule has 0 aromatic carbocycles. The highest BCUT2D eigenvalue weighted by Crippen LogP contribution is 1.92. The Morgan fingerprint density at radius 2 is 2.17 bits per heavy atom. The van der Waals surface area contributed by atoms with Crippen molar-refractivity contribution in [2.45, 2.75) is 32.8 Å². The Kier molecular flexibility index (Phi) is 3.14. The monoisotopic (exact) mass is 87.1 g/mol. The molecule has 0 N–H and O–H groups in total. The summed E-state index contributed by atoms with van der Waals surface area (Å²) < 4.78 is 0. The summed E-state index contributed by atoms with van der Waals surface area (Å²) in [6.45, 7) is 3.72. The summed E-state index contributed by atoms with van der Waals surface area (Å²) >= 11 is 0. The minimum absolute atomic E-state index is 0.352. The molecule has 0 bridgehead atoms. The Balaban J connectivity index is 2.63.